The van der Waals surface area contributed by atoms with Gasteiger partial charge in [0.05, 0.1) is 12.2 Å². The fraction of sp³-hybridized carbons (Fsp3) is 0.643. The van der Waals surface area contributed by atoms with E-state index in [1.54, 1.807) is 11.3 Å². The molecule has 1 aromatic rings. The summed E-state index contributed by atoms with van der Waals surface area (Å²) in [7, 11) is 0. The summed E-state index contributed by atoms with van der Waals surface area (Å²) in [6.45, 7) is 3.63. The quantitative estimate of drug-likeness (QED) is 0.889. The SMILES string of the molecule is CCCC1CC(C#N)(NCc2cccs2)CCO1. The van der Waals surface area contributed by atoms with E-state index in [1.165, 1.54) is 4.88 Å². The first-order chi connectivity index (χ1) is 8.78. The van der Waals surface area contributed by atoms with E-state index in [0.29, 0.717) is 6.61 Å². The molecule has 1 aromatic heterocycles. The summed E-state index contributed by atoms with van der Waals surface area (Å²) in [5.41, 5.74) is -0.401. The predicted molar refractivity (Wildman–Crippen MR) is 73.4 cm³/mol. The molecule has 1 saturated heterocycles. The van der Waals surface area contributed by atoms with Gasteiger partial charge in [-0.15, -0.1) is 11.3 Å². The number of nitriles is 1. The van der Waals surface area contributed by atoms with Crippen molar-refractivity contribution in [3.63, 3.8) is 0 Å². The molecule has 2 heterocycles. The van der Waals surface area contributed by atoms with Crippen LogP contribution in [-0.2, 0) is 11.3 Å². The van der Waals surface area contributed by atoms with Crippen molar-refractivity contribution >= 4 is 11.3 Å². The Labute approximate surface area is 113 Å². The first-order valence-electron chi connectivity index (χ1n) is 6.58. The second-order valence-corrected chi connectivity index (χ2v) is 5.89. The van der Waals surface area contributed by atoms with Gasteiger partial charge in [0.1, 0.15) is 5.54 Å². The Bertz CT molecular complexity index is 396. The summed E-state index contributed by atoms with van der Waals surface area (Å²) >= 11 is 1.73. The van der Waals surface area contributed by atoms with Gasteiger partial charge in [-0.25, -0.2) is 0 Å². The molecule has 2 unspecified atom stereocenters. The molecule has 1 N–H and O–H groups in total. The van der Waals surface area contributed by atoms with Crippen LogP contribution in [0.1, 0.15) is 37.5 Å². The molecule has 2 atom stereocenters. The minimum absolute atomic E-state index is 0.235. The van der Waals surface area contributed by atoms with Gasteiger partial charge in [0, 0.05) is 30.9 Å². The van der Waals surface area contributed by atoms with E-state index in [2.05, 4.69) is 29.8 Å². The molecular weight excluding hydrogens is 244 g/mol. The zero-order valence-corrected chi connectivity index (χ0v) is 11.6. The highest BCUT2D eigenvalue weighted by atomic mass is 32.1. The topological polar surface area (TPSA) is 45.0 Å². The molecule has 0 aliphatic carbocycles. The van der Waals surface area contributed by atoms with E-state index in [-0.39, 0.29) is 6.10 Å². The predicted octanol–water partition coefficient (Wildman–Crippen LogP) is 3.08. The van der Waals surface area contributed by atoms with Crippen LogP contribution in [0.15, 0.2) is 17.5 Å². The van der Waals surface area contributed by atoms with Crippen LogP contribution in [0, 0.1) is 11.3 Å². The summed E-state index contributed by atoms with van der Waals surface area (Å²) in [6.07, 6.45) is 3.98. The highest BCUT2D eigenvalue weighted by Crippen LogP contribution is 2.27. The first kappa shape index (κ1) is 13.5. The number of rotatable bonds is 5. The van der Waals surface area contributed by atoms with Crippen LogP contribution in [0.3, 0.4) is 0 Å². The average Bonchev–Trinajstić information content (AvgIpc) is 2.90. The maximum absolute atomic E-state index is 9.49. The molecule has 0 spiro atoms. The highest BCUT2D eigenvalue weighted by molar-refractivity contribution is 7.09. The van der Waals surface area contributed by atoms with Gasteiger partial charge in [0.25, 0.3) is 0 Å². The highest BCUT2D eigenvalue weighted by Gasteiger charge is 2.36. The van der Waals surface area contributed by atoms with Crippen LogP contribution < -0.4 is 5.32 Å². The molecule has 1 aliphatic heterocycles. The molecule has 0 aromatic carbocycles. The third-order valence-electron chi connectivity index (χ3n) is 3.46. The molecule has 4 heteroatoms. The van der Waals surface area contributed by atoms with Crippen molar-refractivity contribution in [2.45, 2.75) is 50.8 Å². The van der Waals surface area contributed by atoms with Crippen LogP contribution in [0.25, 0.3) is 0 Å². The Hall–Kier alpha value is -0.890. The van der Waals surface area contributed by atoms with Gasteiger partial charge in [-0.05, 0) is 17.9 Å². The van der Waals surface area contributed by atoms with E-state index in [9.17, 15) is 5.26 Å². The second kappa shape index (κ2) is 6.33. The van der Waals surface area contributed by atoms with Crippen molar-refractivity contribution in [3.8, 4) is 6.07 Å². The minimum atomic E-state index is -0.401. The van der Waals surface area contributed by atoms with E-state index >= 15 is 0 Å². The lowest BCUT2D eigenvalue weighted by atomic mass is 9.86. The van der Waals surface area contributed by atoms with Crippen molar-refractivity contribution < 1.29 is 4.74 Å². The largest absolute Gasteiger partial charge is 0.378 e. The van der Waals surface area contributed by atoms with Crippen LogP contribution in [0.4, 0.5) is 0 Å². The van der Waals surface area contributed by atoms with Gasteiger partial charge in [-0.2, -0.15) is 5.26 Å². The van der Waals surface area contributed by atoms with Gasteiger partial charge in [0.2, 0.25) is 0 Å². The Morgan fingerprint density at radius 1 is 1.67 bits per heavy atom. The lowest BCUT2D eigenvalue weighted by molar-refractivity contribution is -0.0190. The molecule has 1 aliphatic rings. The lowest BCUT2D eigenvalue weighted by Gasteiger charge is -2.36. The summed E-state index contributed by atoms with van der Waals surface area (Å²) in [5.74, 6) is 0. The Kier molecular flexibility index (Phi) is 4.76. The summed E-state index contributed by atoms with van der Waals surface area (Å²) in [6, 6.07) is 6.63. The van der Waals surface area contributed by atoms with Crippen LogP contribution in [0.5, 0.6) is 0 Å². The molecular formula is C14H20N2OS. The molecule has 1 fully saturated rings. The van der Waals surface area contributed by atoms with Gasteiger partial charge < -0.3 is 4.74 Å². The van der Waals surface area contributed by atoms with E-state index < -0.39 is 5.54 Å². The molecule has 0 amide bonds. The lowest BCUT2D eigenvalue weighted by Crippen LogP contribution is -2.50. The molecule has 2 rings (SSSR count). The smallest absolute Gasteiger partial charge is 0.111 e. The van der Waals surface area contributed by atoms with Crippen LogP contribution in [0.2, 0.25) is 0 Å². The molecule has 3 nitrogen and oxygen atoms in total. The number of hydrogen-bond donors (Lipinski definition) is 1. The fourth-order valence-electron chi connectivity index (χ4n) is 2.43. The molecule has 18 heavy (non-hydrogen) atoms. The Morgan fingerprint density at radius 2 is 2.56 bits per heavy atom. The third-order valence-corrected chi connectivity index (χ3v) is 4.34. The summed E-state index contributed by atoms with van der Waals surface area (Å²) < 4.78 is 5.72. The number of ether oxygens (including phenoxy) is 1. The van der Waals surface area contributed by atoms with Gasteiger partial charge in [0.15, 0.2) is 0 Å². The zero-order valence-electron chi connectivity index (χ0n) is 10.8. The van der Waals surface area contributed by atoms with Crippen molar-refractivity contribution in [2.24, 2.45) is 0 Å². The monoisotopic (exact) mass is 264 g/mol. The minimum Gasteiger partial charge on any atom is -0.378 e. The molecule has 98 valence electrons. The normalized spacial score (nSPS) is 27.9. The molecule has 0 saturated carbocycles. The van der Waals surface area contributed by atoms with Gasteiger partial charge in [-0.1, -0.05) is 19.4 Å². The molecule has 0 radical (unpaired) electrons. The van der Waals surface area contributed by atoms with Gasteiger partial charge in [-0.3, -0.25) is 5.32 Å². The summed E-state index contributed by atoms with van der Waals surface area (Å²) in [5, 5.41) is 15.0. The van der Waals surface area contributed by atoms with Gasteiger partial charge >= 0.3 is 0 Å². The second-order valence-electron chi connectivity index (χ2n) is 4.86. The maximum Gasteiger partial charge on any atom is 0.111 e. The number of nitrogens with zero attached hydrogens (tertiary/aromatic N) is 1. The maximum atomic E-state index is 9.49. The van der Waals surface area contributed by atoms with Crippen molar-refractivity contribution in [1.82, 2.24) is 5.32 Å². The third kappa shape index (κ3) is 3.32. The standard InChI is InChI=1S/C14H20N2OS/c1-2-4-12-9-14(11-15,6-7-17-12)16-10-13-5-3-8-18-13/h3,5,8,12,16H,2,4,6-7,9-10H2,1H3. The van der Waals surface area contributed by atoms with Crippen molar-refractivity contribution in [3.05, 3.63) is 22.4 Å². The van der Waals surface area contributed by atoms with Crippen molar-refractivity contribution in [1.29, 1.82) is 5.26 Å². The van der Waals surface area contributed by atoms with E-state index in [0.717, 1.165) is 32.2 Å². The van der Waals surface area contributed by atoms with Crippen molar-refractivity contribution in [2.75, 3.05) is 6.61 Å². The average molecular weight is 264 g/mol. The Morgan fingerprint density at radius 3 is 3.22 bits per heavy atom. The summed E-state index contributed by atoms with van der Waals surface area (Å²) in [4.78, 5) is 1.28. The van der Waals surface area contributed by atoms with E-state index in [4.69, 9.17) is 4.74 Å². The fourth-order valence-corrected chi connectivity index (χ4v) is 3.07. The Balaban J connectivity index is 1.95. The van der Waals surface area contributed by atoms with Crippen LogP contribution >= 0.6 is 11.3 Å². The number of thiophene rings is 1. The molecule has 0 bridgehead atoms. The van der Waals surface area contributed by atoms with E-state index in [1.807, 2.05) is 6.07 Å². The van der Waals surface area contributed by atoms with Crippen LogP contribution in [-0.4, -0.2) is 18.2 Å². The number of hydrogen-bond acceptors (Lipinski definition) is 4. The zero-order chi connectivity index (χ0) is 12.8. The first-order valence-corrected chi connectivity index (χ1v) is 7.46. The number of nitrogens with one attached hydrogen (secondary N) is 1.